The molecule has 0 spiro atoms. The molecule has 0 radical (unpaired) electrons. The summed E-state index contributed by atoms with van der Waals surface area (Å²) < 4.78 is 67.2. The van der Waals surface area contributed by atoms with Crippen LogP contribution in [0.15, 0.2) is 71.6 Å². The van der Waals surface area contributed by atoms with Crippen molar-refractivity contribution in [1.82, 2.24) is 0 Å². The lowest BCUT2D eigenvalue weighted by molar-refractivity contribution is 0.102. The van der Waals surface area contributed by atoms with E-state index in [1.807, 2.05) is 0 Å². The predicted molar refractivity (Wildman–Crippen MR) is 103 cm³/mol. The Morgan fingerprint density at radius 3 is 2.10 bits per heavy atom. The molecule has 0 aliphatic heterocycles. The van der Waals surface area contributed by atoms with Gasteiger partial charge in [0.15, 0.2) is 0 Å². The van der Waals surface area contributed by atoms with Gasteiger partial charge in [-0.2, -0.15) is 0 Å². The van der Waals surface area contributed by atoms with Crippen molar-refractivity contribution in [3.63, 3.8) is 0 Å². The molecule has 29 heavy (non-hydrogen) atoms. The van der Waals surface area contributed by atoms with E-state index in [1.54, 1.807) is 0 Å². The normalized spacial score (nSPS) is 11.2. The van der Waals surface area contributed by atoms with Crippen molar-refractivity contribution in [3.05, 3.63) is 89.7 Å². The lowest BCUT2D eigenvalue weighted by atomic mass is 10.2. The van der Waals surface area contributed by atoms with Crippen molar-refractivity contribution in [1.29, 1.82) is 0 Å². The molecule has 0 unspecified atom stereocenters. The van der Waals surface area contributed by atoms with E-state index < -0.39 is 39.1 Å². The van der Waals surface area contributed by atoms with Gasteiger partial charge in [-0.3, -0.25) is 9.10 Å². The molecule has 0 heterocycles. The molecule has 3 aromatic rings. The zero-order valence-corrected chi connectivity index (χ0v) is 15.9. The van der Waals surface area contributed by atoms with Crippen LogP contribution in [0, 0.1) is 17.5 Å². The number of anilines is 2. The van der Waals surface area contributed by atoms with E-state index in [0.29, 0.717) is 0 Å². The number of benzene rings is 3. The summed E-state index contributed by atoms with van der Waals surface area (Å²) in [5, 5.41) is 2.10. The van der Waals surface area contributed by atoms with Gasteiger partial charge in [-0.15, -0.1) is 0 Å². The van der Waals surface area contributed by atoms with Crippen LogP contribution in [0.25, 0.3) is 0 Å². The minimum absolute atomic E-state index is 0.110. The number of nitrogens with one attached hydrogen (secondary N) is 1. The zero-order valence-electron chi connectivity index (χ0n) is 15.1. The maximum atomic E-state index is 13.7. The quantitative estimate of drug-likeness (QED) is 0.673. The van der Waals surface area contributed by atoms with Crippen LogP contribution < -0.4 is 9.62 Å². The molecule has 1 amide bonds. The molecule has 150 valence electrons. The minimum atomic E-state index is -4.07. The zero-order chi connectivity index (χ0) is 21.2. The van der Waals surface area contributed by atoms with Crippen LogP contribution in [0.1, 0.15) is 10.4 Å². The Morgan fingerprint density at radius 1 is 0.897 bits per heavy atom. The maximum Gasteiger partial charge on any atom is 0.264 e. The summed E-state index contributed by atoms with van der Waals surface area (Å²) in [7, 11) is -2.79. The van der Waals surface area contributed by atoms with Gasteiger partial charge < -0.3 is 5.32 Å². The van der Waals surface area contributed by atoms with Crippen molar-refractivity contribution in [3.8, 4) is 0 Å². The number of hydrogen-bond donors (Lipinski definition) is 1. The molecular weight excluding hydrogens is 405 g/mol. The van der Waals surface area contributed by atoms with Gasteiger partial charge in [0.25, 0.3) is 15.9 Å². The Morgan fingerprint density at radius 2 is 1.48 bits per heavy atom. The molecule has 0 saturated carbocycles. The first-order valence-electron chi connectivity index (χ1n) is 8.30. The van der Waals surface area contributed by atoms with E-state index in [2.05, 4.69) is 5.32 Å². The van der Waals surface area contributed by atoms with E-state index in [9.17, 15) is 26.4 Å². The number of nitrogens with zero attached hydrogens (tertiary/aromatic N) is 1. The standard InChI is InChI=1S/C20H15F3N2O3S/c1-25(15-10-8-14(21)9-11-15)29(27,28)16-5-2-4-13(12-16)20(26)24-19-17(22)6-3-7-18(19)23/h2-12H,1H3,(H,24,26). The molecule has 0 aliphatic rings. The largest absolute Gasteiger partial charge is 0.317 e. The first-order chi connectivity index (χ1) is 13.7. The number of hydrogen-bond acceptors (Lipinski definition) is 3. The van der Waals surface area contributed by atoms with Crippen molar-refractivity contribution < 1.29 is 26.4 Å². The third-order valence-electron chi connectivity index (χ3n) is 4.15. The molecule has 3 aromatic carbocycles. The highest BCUT2D eigenvalue weighted by Gasteiger charge is 2.23. The Kier molecular flexibility index (Phi) is 5.60. The highest BCUT2D eigenvalue weighted by Crippen LogP contribution is 2.24. The van der Waals surface area contributed by atoms with Crippen molar-refractivity contribution in [2.24, 2.45) is 0 Å². The van der Waals surface area contributed by atoms with Gasteiger partial charge in [-0.25, -0.2) is 21.6 Å². The predicted octanol–water partition coefficient (Wildman–Crippen LogP) is 4.18. The molecule has 3 rings (SSSR count). The second-order valence-corrected chi connectivity index (χ2v) is 8.00. The van der Waals surface area contributed by atoms with Crippen LogP contribution >= 0.6 is 0 Å². The highest BCUT2D eigenvalue weighted by molar-refractivity contribution is 7.92. The van der Waals surface area contributed by atoms with Gasteiger partial charge in [0, 0.05) is 12.6 Å². The summed E-state index contributed by atoms with van der Waals surface area (Å²) >= 11 is 0. The number of carbonyl (C=O) groups excluding carboxylic acids is 1. The smallest absolute Gasteiger partial charge is 0.264 e. The first kappa shape index (κ1) is 20.4. The molecule has 0 aliphatic carbocycles. The number of amides is 1. The third-order valence-corrected chi connectivity index (χ3v) is 5.93. The number of sulfonamides is 1. The van der Waals surface area contributed by atoms with Crippen molar-refractivity contribution in [2.45, 2.75) is 4.90 Å². The average Bonchev–Trinajstić information content (AvgIpc) is 2.71. The molecule has 5 nitrogen and oxygen atoms in total. The van der Waals surface area contributed by atoms with Crippen LogP contribution in [-0.2, 0) is 10.0 Å². The van der Waals surface area contributed by atoms with Gasteiger partial charge in [0.2, 0.25) is 0 Å². The van der Waals surface area contributed by atoms with Crippen LogP contribution in [0.3, 0.4) is 0 Å². The minimum Gasteiger partial charge on any atom is -0.317 e. The van der Waals surface area contributed by atoms with Crippen molar-refractivity contribution >= 4 is 27.3 Å². The topological polar surface area (TPSA) is 66.5 Å². The average molecular weight is 420 g/mol. The summed E-state index contributed by atoms with van der Waals surface area (Å²) in [5.41, 5.74) is -0.523. The Hall–Kier alpha value is -3.33. The fourth-order valence-corrected chi connectivity index (χ4v) is 3.79. The Balaban J connectivity index is 1.90. The SMILES string of the molecule is CN(c1ccc(F)cc1)S(=O)(=O)c1cccc(C(=O)Nc2c(F)cccc2F)c1. The van der Waals surface area contributed by atoms with Crippen LogP contribution in [0.2, 0.25) is 0 Å². The van der Waals surface area contributed by atoms with E-state index in [4.69, 9.17) is 0 Å². The van der Waals surface area contributed by atoms with Gasteiger partial charge in [0.1, 0.15) is 23.1 Å². The maximum absolute atomic E-state index is 13.7. The van der Waals surface area contributed by atoms with Gasteiger partial charge in [-0.1, -0.05) is 12.1 Å². The number of para-hydroxylation sites is 1. The summed E-state index contributed by atoms with van der Waals surface area (Å²) in [6.45, 7) is 0. The van der Waals surface area contributed by atoms with E-state index in [-0.39, 0.29) is 16.1 Å². The molecule has 9 heteroatoms. The lowest BCUT2D eigenvalue weighted by Crippen LogP contribution is -2.27. The number of rotatable bonds is 5. The summed E-state index contributed by atoms with van der Waals surface area (Å²) in [6, 6.07) is 13.0. The Bertz CT molecular complexity index is 1150. The molecular formula is C20H15F3N2O3S. The van der Waals surface area contributed by atoms with Gasteiger partial charge in [0.05, 0.1) is 10.6 Å². The summed E-state index contributed by atoms with van der Waals surface area (Å²) in [4.78, 5) is 12.2. The molecule has 0 aromatic heterocycles. The molecule has 0 saturated heterocycles. The van der Waals surface area contributed by atoms with Gasteiger partial charge in [-0.05, 0) is 54.6 Å². The fourth-order valence-electron chi connectivity index (χ4n) is 2.55. The van der Waals surface area contributed by atoms with Crippen LogP contribution in [-0.4, -0.2) is 21.4 Å². The molecule has 1 N–H and O–H groups in total. The molecule has 0 bridgehead atoms. The third kappa shape index (κ3) is 4.24. The lowest BCUT2D eigenvalue weighted by Gasteiger charge is -2.20. The first-order valence-corrected chi connectivity index (χ1v) is 9.74. The monoisotopic (exact) mass is 420 g/mol. The summed E-state index contributed by atoms with van der Waals surface area (Å²) in [6.07, 6.45) is 0. The van der Waals surface area contributed by atoms with Crippen molar-refractivity contribution in [2.75, 3.05) is 16.7 Å². The van der Waals surface area contributed by atoms with E-state index in [0.717, 1.165) is 40.7 Å². The highest BCUT2D eigenvalue weighted by atomic mass is 32.2. The summed E-state index contributed by atoms with van der Waals surface area (Å²) in [5.74, 6) is -3.31. The van der Waals surface area contributed by atoms with Crippen LogP contribution in [0.4, 0.5) is 24.5 Å². The fraction of sp³-hybridized carbons (Fsp3) is 0.0500. The van der Waals surface area contributed by atoms with Gasteiger partial charge >= 0.3 is 0 Å². The Labute approximate surface area is 165 Å². The second kappa shape index (κ2) is 7.96. The van der Waals surface area contributed by atoms with Crippen LogP contribution in [0.5, 0.6) is 0 Å². The van der Waals surface area contributed by atoms with E-state index >= 15 is 0 Å². The molecule has 0 fully saturated rings. The second-order valence-electron chi connectivity index (χ2n) is 6.03. The number of halogens is 3. The molecule has 0 atom stereocenters. The number of carbonyl (C=O) groups is 1. The van der Waals surface area contributed by atoms with E-state index in [1.165, 1.54) is 37.4 Å².